The molecule has 0 bridgehead atoms. The molecule has 13 heavy (non-hydrogen) atoms. The van der Waals surface area contributed by atoms with Gasteiger partial charge in [0.15, 0.2) is 0 Å². The Morgan fingerprint density at radius 3 is 2.77 bits per heavy atom. The average molecular weight is 183 g/mol. The molecule has 2 rings (SSSR count). The van der Waals surface area contributed by atoms with Crippen molar-refractivity contribution < 1.29 is 9.90 Å². The molecule has 0 aromatic heterocycles. The quantitative estimate of drug-likeness (QED) is 0.645. The van der Waals surface area contributed by atoms with Crippen molar-refractivity contribution in [2.75, 3.05) is 0 Å². The van der Waals surface area contributed by atoms with Crippen LogP contribution < -0.4 is 5.32 Å². The number of fused-ring (bicyclic) bond motifs is 1. The van der Waals surface area contributed by atoms with Crippen LogP contribution in [-0.2, 0) is 4.79 Å². The minimum absolute atomic E-state index is 0.270. The maximum Gasteiger partial charge on any atom is 0.320 e. The Bertz CT molecular complexity index is 191. The Morgan fingerprint density at radius 2 is 2.00 bits per heavy atom. The fourth-order valence-electron chi connectivity index (χ4n) is 2.69. The number of rotatable bonds is 1. The zero-order valence-corrected chi connectivity index (χ0v) is 7.83. The molecule has 1 aliphatic carbocycles. The fraction of sp³-hybridized carbons (Fsp3) is 0.900. The molecule has 0 spiro atoms. The van der Waals surface area contributed by atoms with Crippen LogP contribution in [-0.4, -0.2) is 23.2 Å². The Hall–Kier alpha value is -0.570. The maximum atomic E-state index is 10.8. The minimum Gasteiger partial charge on any atom is -0.480 e. The van der Waals surface area contributed by atoms with Crippen molar-refractivity contribution in [3.63, 3.8) is 0 Å². The number of carbonyl (C=O) groups is 1. The normalized spacial score (nSPS) is 39.5. The number of aliphatic carboxylic acids is 1. The van der Waals surface area contributed by atoms with Crippen molar-refractivity contribution in [2.24, 2.45) is 5.92 Å². The molecule has 3 nitrogen and oxygen atoms in total. The van der Waals surface area contributed by atoms with Gasteiger partial charge in [-0.3, -0.25) is 4.79 Å². The van der Waals surface area contributed by atoms with E-state index in [1.54, 1.807) is 0 Å². The predicted octanol–water partition coefficient (Wildman–Crippen LogP) is 1.38. The number of nitrogens with one attached hydrogen (secondary N) is 1. The van der Waals surface area contributed by atoms with Crippen LogP contribution in [0, 0.1) is 5.92 Å². The van der Waals surface area contributed by atoms with E-state index in [0.717, 1.165) is 6.42 Å². The zero-order valence-electron chi connectivity index (χ0n) is 7.83. The van der Waals surface area contributed by atoms with Gasteiger partial charge in [0.1, 0.15) is 6.04 Å². The number of carboxylic acid groups (broad SMARTS) is 1. The third-order valence-electron chi connectivity index (χ3n) is 3.41. The SMILES string of the molecule is O=C(O)[C@@H]1CC2CCCCCC2N1. The van der Waals surface area contributed by atoms with Crippen molar-refractivity contribution in [1.82, 2.24) is 5.32 Å². The Kier molecular flexibility index (Phi) is 2.54. The van der Waals surface area contributed by atoms with E-state index in [9.17, 15) is 4.79 Å². The highest BCUT2D eigenvalue weighted by atomic mass is 16.4. The number of hydrogen-bond donors (Lipinski definition) is 2. The van der Waals surface area contributed by atoms with Gasteiger partial charge in [0.25, 0.3) is 0 Å². The molecule has 0 aromatic carbocycles. The van der Waals surface area contributed by atoms with Gasteiger partial charge in [-0.05, 0) is 25.2 Å². The van der Waals surface area contributed by atoms with Crippen molar-refractivity contribution in [2.45, 2.75) is 50.6 Å². The summed E-state index contributed by atoms with van der Waals surface area (Å²) in [7, 11) is 0. The lowest BCUT2D eigenvalue weighted by molar-refractivity contribution is -0.139. The molecule has 0 radical (unpaired) electrons. The molecule has 3 heteroatoms. The molecular formula is C10H17NO2. The van der Waals surface area contributed by atoms with E-state index in [-0.39, 0.29) is 6.04 Å². The van der Waals surface area contributed by atoms with Gasteiger partial charge in [-0.1, -0.05) is 19.3 Å². The fourth-order valence-corrected chi connectivity index (χ4v) is 2.69. The minimum atomic E-state index is -0.673. The standard InChI is InChI=1S/C10H17NO2/c12-10(13)9-6-7-4-2-1-3-5-8(7)11-9/h7-9,11H,1-6H2,(H,12,13)/t7?,8?,9-/m0/s1. The van der Waals surface area contributed by atoms with E-state index < -0.39 is 5.97 Å². The smallest absolute Gasteiger partial charge is 0.320 e. The summed E-state index contributed by atoms with van der Waals surface area (Å²) in [5, 5.41) is 12.1. The molecule has 2 fully saturated rings. The van der Waals surface area contributed by atoms with Crippen LogP contribution in [0.25, 0.3) is 0 Å². The highest BCUT2D eigenvalue weighted by Crippen LogP contribution is 2.32. The van der Waals surface area contributed by atoms with E-state index in [4.69, 9.17) is 5.11 Å². The van der Waals surface area contributed by atoms with Gasteiger partial charge in [0.2, 0.25) is 0 Å². The van der Waals surface area contributed by atoms with Crippen LogP contribution in [0.15, 0.2) is 0 Å². The van der Waals surface area contributed by atoms with Crippen molar-refractivity contribution >= 4 is 5.97 Å². The van der Waals surface area contributed by atoms with Gasteiger partial charge in [0.05, 0.1) is 0 Å². The largest absolute Gasteiger partial charge is 0.480 e. The van der Waals surface area contributed by atoms with Gasteiger partial charge < -0.3 is 10.4 Å². The van der Waals surface area contributed by atoms with E-state index >= 15 is 0 Å². The molecule has 0 aromatic rings. The van der Waals surface area contributed by atoms with Crippen LogP contribution in [0.1, 0.15) is 38.5 Å². The van der Waals surface area contributed by atoms with E-state index in [1.807, 2.05) is 0 Å². The van der Waals surface area contributed by atoms with Crippen molar-refractivity contribution in [1.29, 1.82) is 0 Å². The second-order valence-corrected chi connectivity index (χ2v) is 4.30. The zero-order chi connectivity index (χ0) is 9.26. The summed E-state index contributed by atoms with van der Waals surface area (Å²) in [6.45, 7) is 0. The topological polar surface area (TPSA) is 49.3 Å². The third kappa shape index (κ3) is 1.85. The van der Waals surface area contributed by atoms with E-state index in [0.29, 0.717) is 12.0 Å². The summed E-state index contributed by atoms with van der Waals surface area (Å²) >= 11 is 0. The van der Waals surface area contributed by atoms with Crippen molar-refractivity contribution in [3.8, 4) is 0 Å². The lowest BCUT2D eigenvalue weighted by atomic mass is 9.94. The second kappa shape index (κ2) is 3.66. The van der Waals surface area contributed by atoms with E-state index in [2.05, 4.69) is 5.32 Å². The number of hydrogen-bond acceptors (Lipinski definition) is 2. The van der Waals surface area contributed by atoms with Crippen LogP contribution in [0.4, 0.5) is 0 Å². The lowest BCUT2D eigenvalue weighted by Gasteiger charge is -2.14. The Labute approximate surface area is 78.5 Å². The Balaban J connectivity index is 1.97. The van der Waals surface area contributed by atoms with Gasteiger partial charge in [0, 0.05) is 6.04 Å². The summed E-state index contributed by atoms with van der Waals surface area (Å²) in [6, 6.07) is 0.219. The third-order valence-corrected chi connectivity index (χ3v) is 3.41. The first-order valence-electron chi connectivity index (χ1n) is 5.26. The molecular weight excluding hydrogens is 166 g/mol. The summed E-state index contributed by atoms with van der Waals surface area (Å²) in [6.07, 6.45) is 7.12. The molecule has 0 amide bonds. The van der Waals surface area contributed by atoms with E-state index in [1.165, 1.54) is 32.1 Å². The predicted molar refractivity (Wildman–Crippen MR) is 49.5 cm³/mol. The lowest BCUT2D eigenvalue weighted by Crippen LogP contribution is -2.35. The molecule has 1 saturated carbocycles. The first kappa shape index (κ1) is 9.00. The summed E-state index contributed by atoms with van der Waals surface area (Å²) in [5.41, 5.74) is 0. The molecule has 1 saturated heterocycles. The number of carboxylic acids is 1. The molecule has 2 unspecified atom stereocenters. The van der Waals surface area contributed by atoms with Crippen molar-refractivity contribution in [3.05, 3.63) is 0 Å². The second-order valence-electron chi connectivity index (χ2n) is 4.30. The monoisotopic (exact) mass is 183 g/mol. The molecule has 2 aliphatic rings. The molecule has 74 valence electrons. The molecule has 2 N–H and O–H groups in total. The highest BCUT2D eigenvalue weighted by molar-refractivity contribution is 5.74. The van der Waals surface area contributed by atoms with Crippen LogP contribution in [0.2, 0.25) is 0 Å². The average Bonchev–Trinajstić information content (AvgIpc) is 2.38. The summed E-state index contributed by atoms with van der Waals surface area (Å²) < 4.78 is 0. The van der Waals surface area contributed by atoms with Gasteiger partial charge in [-0.25, -0.2) is 0 Å². The molecule has 3 atom stereocenters. The van der Waals surface area contributed by atoms with Crippen LogP contribution in [0.3, 0.4) is 0 Å². The first-order valence-corrected chi connectivity index (χ1v) is 5.26. The molecule has 1 heterocycles. The van der Waals surface area contributed by atoms with Gasteiger partial charge in [-0.2, -0.15) is 0 Å². The summed E-state index contributed by atoms with van der Waals surface area (Å²) in [4.78, 5) is 10.8. The Morgan fingerprint density at radius 1 is 1.23 bits per heavy atom. The van der Waals surface area contributed by atoms with Crippen LogP contribution in [0.5, 0.6) is 0 Å². The summed E-state index contributed by atoms with van der Waals surface area (Å²) in [5.74, 6) is -0.0447. The highest BCUT2D eigenvalue weighted by Gasteiger charge is 2.37. The molecule has 1 aliphatic heterocycles. The first-order chi connectivity index (χ1) is 6.27. The van der Waals surface area contributed by atoms with Crippen LogP contribution >= 0.6 is 0 Å². The van der Waals surface area contributed by atoms with Gasteiger partial charge in [-0.15, -0.1) is 0 Å². The maximum absolute atomic E-state index is 10.8. The van der Waals surface area contributed by atoms with Gasteiger partial charge >= 0.3 is 5.97 Å².